The fourth-order valence-electron chi connectivity index (χ4n) is 2.95. The van der Waals surface area contributed by atoms with Crippen molar-refractivity contribution in [3.05, 3.63) is 53.6 Å². The van der Waals surface area contributed by atoms with E-state index in [1.807, 2.05) is 18.2 Å². The summed E-state index contributed by atoms with van der Waals surface area (Å²) in [5, 5.41) is 10.2. The van der Waals surface area contributed by atoms with Gasteiger partial charge in [0.15, 0.2) is 0 Å². The molecule has 2 aromatic rings. The first-order valence-electron chi connectivity index (χ1n) is 8.05. The normalized spacial score (nSPS) is 13.5. The van der Waals surface area contributed by atoms with Crippen LogP contribution in [0.5, 0.6) is 11.5 Å². The second-order valence-corrected chi connectivity index (χ2v) is 5.71. The van der Waals surface area contributed by atoms with Gasteiger partial charge in [-0.25, -0.2) is 0 Å². The smallest absolute Gasteiger partial charge is 0.258 e. The van der Waals surface area contributed by atoms with Gasteiger partial charge in [0.1, 0.15) is 18.1 Å². The summed E-state index contributed by atoms with van der Waals surface area (Å²) in [5.74, 6) is 0.648. The first-order chi connectivity index (χ1) is 11.7. The topological polar surface area (TPSA) is 59.0 Å². The zero-order valence-electron chi connectivity index (χ0n) is 13.7. The summed E-state index contributed by atoms with van der Waals surface area (Å²) >= 11 is 0. The monoisotopic (exact) mass is 327 g/mol. The van der Waals surface area contributed by atoms with Crippen LogP contribution in [0.15, 0.2) is 42.5 Å². The van der Waals surface area contributed by atoms with Crippen LogP contribution in [0, 0.1) is 0 Å². The number of phenolic OH excluding ortho intramolecular Hbond substituents is 1. The van der Waals surface area contributed by atoms with Crippen LogP contribution in [0.25, 0.3) is 0 Å². The number of anilines is 1. The first kappa shape index (κ1) is 16.3. The number of carbonyl (C=O) groups is 1. The number of carbonyl (C=O) groups excluding carboxylic acids is 1. The summed E-state index contributed by atoms with van der Waals surface area (Å²) in [6.45, 7) is 1.52. The third-order valence-corrected chi connectivity index (χ3v) is 4.08. The highest BCUT2D eigenvalue weighted by atomic mass is 16.5. The van der Waals surface area contributed by atoms with E-state index in [9.17, 15) is 9.90 Å². The number of aromatic hydroxyl groups is 1. The number of benzene rings is 2. The number of rotatable bonds is 5. The van der Waals surface area contributed by atoms with E-state index in [0.29, 0.717) is 36.8 Å². The Balaban J connectivity index is 1.84. The van der Waals surface area contributed by atoms with Gasteiger partial charge in [-0.15, -0.1) is 0 Å². The molecule has 0 saturated heterocycles. The van der Waals surface area contributed by atoms with E-state index in [1.165, 1.54) is 0 Å². The zero-order valence-corrected chi connectivity index (χ0v) is 13.7. The number of ether oxygens (including phenoxy) is 2. The zero-order chi connectivity index (χ0) is 16.9. The maximum absolute atomic E-state index is 12.9. The molecule has 0 atom stereocenters. The second-order valence-electron chi connectivity index (χ2n) is 5.71. The molecule has 126 valence electrons. The van der Waals surface area contributed by atoms with Gasteiger partial charge in [0.2, 0.25) is 0 Å². The second kappa shape index (κ2) is 7.36. The van der Waals surface area contributed by atoms with E-state index in [4.69, 9.17) is 9.47 Å². The minimum Gasteiger partial charge on any atom is -0.506 e. The molecule has 2 aromatic carbocycles. The van der Waals surface area contributed by atoms with Crippen LogP contribution >= 0.6 is 0 Å². The largest absolute Gasteiger partial charge is 0.506 e. The molecular formula is C19H21NO4. The SMILES string of the molecule is COCCOc1cccc(C(=O)N2CCCc3cccc(O)c32)c1. The van der Waals surface area contributed by atoms with Crippen molar-refractivity contribution >= 4 is 11.6 Å². The van der Waals surface area contributed by atoms with Crippen molar-refractivity contribution in [1.29, 1.82) is 0 Å². The van der Waals surface area contributed by atoms with Crippen molar-refractivity contribution in [2.45, 2.75) is 12.8 Å². The lowest BCUT2D eigenvalue weighted by molar-refractivity contribution is 0.0983. The van der Waals surface area contributed by atoms with Crippen molar-refractivity contribution in [3.8, 4) is 11.5 Å². The molecule has 5 nitrogen and oxygen atoms in total. The Labute approximate surface area is 141 Å². The maximum atomic E-state index is 12.9. The van der Waals surface area contributed by atoms with Gasteiger partial charge >= 0.3 is 0 Å². The number of fused-ring (bicyclic) bond motifs is 1. The predicted octanol–water partition coefficient (Wildman–Crippen LogP) is 3.01. The first-order valence-corrected chi connectivity index (χ1v) is 8.05. The maximum Gasteiger partial charge on any atom is 0.258 e. The third kappa shape index (κ3) is 3.36. The molecule has 0 aromatic heterocycles. The molecule has 3 rings (SSSR count). The molecule has 1 aliphatic heterocycles. The van der Waals surface area contributed by atoms with Gasteiger partial charge in [0.25, 0.3) is 5.91 Å². The lowest BCUT2D eigenvalue weighted by Crippen LogP contribution is -2.35. The number of para-hydroxylation sites is 1. The number of hydrogen-bond acceptors (Lipinski definition) is 4. The summed E-state index contributed by atoms with van der Waals surface area (Å²) in [7, 11) is 1.61. The van der Waals surface area contributed by atoms with Crippen molar-refractivity contribution < 1.29 is 19.4 Å². The molecule has 0 aliphatic carbocycles. The highest BCUT2D eigenvalue weighted by Crippen LogP contribution is 2.36. The van der Waals surface area contributed by atoms with Crippen LogP contribution in [-0.2, 0) is 11.2 Å². The molecule has 24 heavy (non-hydrogen) atoms. The van der Waals surface area contributed by atoms with Crippen LogP contribution < -0.4 is 9.64 Å². The van der Waals surface area contributed by atoms with Gasteiger partial charge in [-0.3, -0.25) is 4.79 Å². The van der Waals surface area contributed by atoms with Crippen LogP contribution in [-0.4, -0.2) is 37.9 Å². The van der Waals surface area contributed by atoms with E-state index >= 15 is 0 Å². The van der Waals surface area contributed by atoms with Crippen LogP contribution in [0.2, 0.25) is 0 Å². The molecule has 1 heterocycles. The number of hydrogen-bond donors (Lipinski definition) is 1. The number of methoxy groups -OCH3 is 1. The van der Waals surface area contributed by atoms with Gasteiger partial charge < -0.3 is 19.5 Å². The summed E-state index contributed by atoms with van der Waals surface area (Å²) in [6.07, 6.45) is 1.75. The fraction of sp³-hybridized carbons (Fsp3) is 0.316. The quantitative estimate of drug-likeness (QED) is 0.858. The highest BCUT2D eigenvalue weighted by molar-refractivity contribution is 6.07. The van der Waals surface area contributed by atoms with Crippen LogP contribution in [0.4, 0.5) is 5.69 Å². The average Bonchev–Trinajstić information content (AvgIpc) is 2.61. The lowest BCUT2D eigenvalue weighted by Gasteiger charge is -2.30. The van der Waals surface area contributed by atoms with E-state index in [1.54, 1.807) is 36.3 Å². The van der Waals surface area contributed by atoms with E-state index < -0.39 is 0 Å². The molecule has 0 radical (unpaired) electrons. The van der Waals surface area contributed by atoms with E-state index in [0.717, 1.165) is 18.4 Å². The molecule has 0 bridgehead atoms. The molecule has 0 fully saturated rings. The van der Waals surface area contributed by atoms with Crippen LogP contribution in [0.1, 0.15) is 22.3 Å². The Morgan fingerprint density at radius 2 is 2.04 bits per heavy atom. The number of nitrogens with zero attached hydrogens (tertiary/aromatic N) is 1. The third-order valence-electron chi connectivity index (χ3n) is 4.08. The Morgan fingerprint density at radius 1 is 1.21 bits per heavy atom. The van der Waals surface area contributed by atoms with Crippen molar-refractivity contribution in [1.82, 2.24) is 0 Å². The molecule has 1 aliphatic rings. The summed E-state index contributed by atoms with van der Waals surface area (Å²) < 4.78 is 10.5. The van der Waals surface area contributed by atoms with Crippen molar-refractivity contribution in [2.75, 3.05) is 31.8 Å². The van der Waals surface area contributed by atoms with Crippen LogP contribution in [0.3, 0.4) is 0 Å². The molecule has 0 spiro atoms. The van der Waals surface area contributed by atoms with E-state index in [2.05, 4.69) is 0 Å². The van der Waals surface area contributed by atoms with Gasteiger partial charge in [0.05, 0.1) is 12.3 Å². The molecular weight excluding hydrogens is 306 g/mol. The Hall–Kier alpha value is -2.53. The minimum absolute atomic E-state index is 0.130. The predicted molar refractivity (Wildman–Crippen MR) is 91.9 cm³/mol. The fourth-order valence-corrected chi connectivity index (χ4v) is 2.95. The minimum atomic E-state index is -0.130. The Bertz CT molecular complexity index is 729. The van der Waals surface area contributed by atoms with Crippen molar-refractivity contribution in [2.24, 2.45) is 0 Å². The van der Waals surface area contributed by atoms with Gasteiger partial charge in [-0.1, -0.05) is 18.2 Å². The van der Waals surface area contributed by atoms with Crippen molar-refractivity contribution in [3.63, 3.8) is 0 Å². The molecule has 1 N–H and O–H groups in total. The Morgan fingerprint density at radius 3 is 2.88 bits per heavy atom. The molecule has 5 heteroatoms. The lowest BCUT2D eigenvalue weighted by atomic mass is 10.00. The molecule has 0 unspecified atom stereocenters. The average molecular weight is 327 g/mol. The molecule has 1 amide bonds. The van der Waals surface area contributed by atoms with Gasteiger partial charge in [-0.2, -0.15) is 0 Å². The summed E-state index contributed by atoms with van der Waals surface area (Å²) in [5.41, 5.74) is 2.17. The van der Waals surface area contributed by atoms with E-state index in [-0.39, 0.29) is 11.7 Å². The van der Waals surface area contributed by atoms with Gasteiger partial charge in [-0.05, 0) is 42.7 Å². The number of phenols is 1. The number of aryl methyl sites for hydroxylation is 1. The highest BCUT2D eigenvalue weighted by Gasteiger charge is 2.26. The Kier molecular flexibility index (Phi) is 5.01. The standard InChI is InChI=1S/C19H21NO4/c1-23-11-12-24-16-8-2-6-15(13-16)19(22)20-10-4-7-14-5-3-9-17(21)18(14)20/h2-3,5-6,8-9,13,21H,4,7,10-12H2,1H3. The summed E-state index contributed by atoms with van der Waals surface area (Å²) in [6, 6.07) is 12.5. The molecule has 0 saturated carbocycles. The van der Waals surface area contributed by atoms with Gasteiger partial charge in [0, 0.05) is 19.2 Å². The summed E-state index contributed by atoms with van der Waals surface area (Å²) in [4.78, 5) is 14.6. The number of amides is 1.